The Kier molecular flexibility index (Phi) is 7.19. The van der Waals surface area contributed by atoms with Gasteiger partial charge in [0.05, 0.1) is 5.75 Å². The van der Waals surface area contributed by atoms with E-state index in [1.165, 1.54) is 0 Å². The van der Waals surface area contributed by atoms with E-state index in [-0.39, 0.29) is 18.1 Å². The zero-order valence-corrected chi connectivity index (χ0v) is 11.2. The van der Waals surface area contributed by atoms with Gasteiger partial charge in [0.1, 0.15) is 9.84 Å². The SMILES string of the molecule is CCCC(CN)(CO)CCS(=O)(=O)CCC. The summed E-state index contributed by atoms with van der Waals surface area (Å²) in [6.45, 7) is 4.18. The average molecular weight is 251 g/mol. The Morgan fingerprint density at radius 2 is 1.75 bits per heavy atom. The van der Waals surface area contributed by atoms with Crippen LogP contribution in [0.4, 0.5) is 0 Å². The van der Waals surface area contributed by atoms with Crippen molar-refractivity contribution in [2.75, 3.05) is 24.7 Å². The predicted octanol–water partition coefficient (Wildman–Crippen LogP) is 0.939. The van der Waals surface area contributed by atoms with Crippen LogP contribution in [0.2, 0.25) is 0 Å². The zero-order valence-electron chi connectivity index (χ0n) is 10.4. The fraction of sp³-hybridized carbons (Fsp3) is 1.00. The topological polar surface area (TPSA) is 80.4 Å². The van der Waals surface area contributed by atoms with E-state index in [0.29, 0.717) is 19.4 Å². The molecular weight excluding hydrogens is 226 g/mol. The van der Waals surface area contributed by atoms with Gasteiger partial charge in [0, 0.05) is 24.3 Å². The highest BCUT2D eigenvalue weighted by Crippen LogP contribution is 2.27. The van der Waals surface area contributed by atoms with Crippen LogP contribution >= 0.6 is 0 Å². The number of rotatable bonds is 9. The van der Waals surface area contributed by atoms with Crippen molar-refractivity contribution in [3.8, 4) is 0 Å². The van der Waals surface area contributed by atoms with Crippen molar-refractivity contribution in [3.05, 3.63) is 0 Å². The highest BCUT2D eigenvalue weighted by atomic mass is 32.2. The lowest BCUT2D eigenvalue weighted by atomic mass is 9.82. The standard InChI is InChI=1S/C11H25NO3S/c1-3-5-11(9-12,10-13)6-8-16(14,15)7-4-2/h13H,3-10,12H2,1-2H3. The molecule has 0 aliphatic rings. The summed E-state index contributed by atoms with van der Waals surface area (Å²) in [4.78, 5) is 0. The number of hydrogen-bond acceptors (Lipinski definition) is 4. The lowest BCUT2D eigenvalue weighted by Gasteiger charge is -2.30. The quantitative estimate of drug-likeness (QED) is 0.639. The fourth-order valence-corrected chi connectivity index (χ4v) is 3.44. The summed E-state index contributed by atoms with van der Waals surface area (Å²) < 4.78 is 23.2. The molecular formula is C11H25NO3S. The molecule has 0 radical (unpaired) electrons. The minimum absolute atomic E-state index is 0.0288. The van der Waals surface area contributed by atoms with Crippen LogP contribution in [0.15, 0.2) is 0 Å². The van der Waals surface area contributed by atoms with E-state index >= 15 is 0 Å². The second-order valence-corrected chi connectivity index (χ2v) is 6.82. The fourth-order valence-electron chi connectivity index (χ4n) is 1.87. The Balaban J connectivity index is 4.42. The van der Waals surface area contributed by atoms with Crippen molar-refractivity contribution in [3.63, 3.8) is 0 Å². The van der Waals surface area contributed by atoms with Crippen LogP contribution in [0.5, 0.6) is 0 Å². The van der Waals surface area contributed by atoms with Gasteiger partial charge in [-0.2, -0.15) is 0 Å². The Morgan fingerprint density at radius 3 is 2.12 bits per heavy atom. The molecule has 0 saturated carbocycles. The lowest BCUT2D eigenvalue weighted by Crippen LogP contribution is -2.36. The monoisotopic (exact) mass is 251 g/mol. The smallest absolute Gasteiger partial charge is 0.150 e. The third-order valence-corrected chi connectivity index (χ3v) is 4.86. The van der Waals surface area contributed by atoms with E-state index in [1.807, 2.05) is 13.8 Å². The minimum atomic E-state index is -2.97. The molecule has 0 aliphatic carbocycles. The summed E-state index contributed by atoms with van der Waals surface area (Å²) in [5.41, 5.74) is 5.25. The molecule has 0 bridgehead atoms. The molecule has 0 aromatic carbocycles. The van der Waals surface area contributed by atoms with Crippen LogP contribution in [-0.4, -0.2) is 38.2 Å². The first-order valence-corrected chi connectivity index (χ1v) is 7.78. The summed E-state index contributed by atoms with van der Waals surface area (Å²) >= 11 is 0. The summed E-state index contributed by atoms with van der Waals surface area (Å²) in [5, 5.41) is 9.36. The molecule has 98 valence electrons. The van der Waals surface area contributed by atoms with E-state index < -0.39 is 15.3 Å². The van der Waals surface area contributed by atoms with Crippen LogP contribution in [0.1, 0.15) is 39.5 Å². The highest BCUT2D eigenvalue weighted by Gasteiger charge is 2.28. The minimum Gasteiger partial charge on any atom is -0.396 e. The maximum Gasteiger partial charge on any atom is 0.150 e. The molecule has 0 fully saturated rings. The van der Waals surface area contributed by atoms with E-state index in [0.717, 1.165) is 12.8 Å². The van der Waals surface area contributed by atoms with Gasteiger partial charge >= 0.3 is 0 Å². The summed E-state index contributed by atoms with van der Waals surface area (Å²) in [6.07, 6.45) is 2.80. The molecule has 0 spiro atoms. The molecule has 1 unspecified atom stereocenters. The van der Waals surface area contributed by atoms with E-state index in [2.05, 4.69) is 0 Å². The predicted molar refractivity (Wildman–Crippen MR) is 67.0 cm³/mol. The Hall–Kier alpha value is -0.130. The Morgan fingerprint density at radius 1 is 1.12 bits per heavy atom. The van der Waals surface area contributed by atoms with Crippen molar-refractivity contribution in [1.29, 1.82) is 0 Å². The molecule has 0 aromatic rings. The first-order chi connectivity index (χ1) is 7.45. The molecule has 0 amide bonds. The van der Waals surface area contributed by atoms with Gasteiger partial charge in [-0.1, -0.05) is 20.3 Å². The van der Waals surface area contributed by atoms with Gasteiger partial charge in [0.15, 0.2) is 0 Å². The molecule has 5 heteroatoms. The van der Waals surface area contributed by atoms with Gasteiger partial charge in [0.2, 0.25) is 0 Å². The van der Waals surface area contributed by atoms with Crippen LogP contribution in [0.3, 0.4) is 0 Å². The van der Waals surface area contributed by atoms with Crippen molar-refractivity contribution in [1.82, 2.24) is 0 Å². The van der Waals surface area contributed by atoms with Crippen LogP contribution in [-0.2, 0) is 9.84 Å². The molecule has 0 heterocycles. The first-order valence-electron chi connectivity index (χ1n) is 5.96. The van der Waals surface area contributed by atoms with Gasteiger partial charge < -0.3 is 10.8 Å². The third-order valence-electron chi connectivity index (χ3n) is 3.01. The number of nitrogens with two attached hydrogens (primary N) is 1. The van der Waals surface area contributed by atoms with Gasteiger partial charge in [-0.3, -0.25) is 0 Å². The van der Waals surface area contributed by atoms with Crippen LogP contribution in [0, 0.1) is 5.41 Å². The Bertz CT molecular complexity index is 271. The van der Waals surface area contributed by atoms with Crippen molar-refractivity contribution in [2.24, 2.45) is 11.1 Å². The second-order valence-electron chi connectivity index (χ2n) is 4.51. The molecule has 0 aromatic heterocycles. The largest absolute Gasteiger partial charge is 0.396 e. The molecule has 0 rings (SSSR count). The van der Waals surface area contributed by atoms with E-state index in [9.17, 15) is 13.5 Å². The van der Waals surface area contributed by atoms with E-state index in [1.54, 1.807) is 0 Å². The molecule has 3 N–H and O–H groups in total. The number of aliphatic hydroxyl groups is 1. The number of aliphatic hydroxyl groups excluding tert-OH is 1. The number of sulfone groups is 1. The number of hydrogen-bond donors (Lipinski definition) is 2. The Labute approximate surface area is 99.1 Å². The molecule has 0 aliphatic heterocycles. The van der Waals surface area contributed by atoms with E-state index in [4.69, 9.17) is 5.73 Å². The maximum atomic E-state index is 11.6. The summed E-state index contributed by atoms with van der Waals surface area (Å²) in [5.74, 6) is 0.365. The van der Waals surface area contributed by atoms with Gasteiger partial charge in [-0.25, -0.2) is 8.42 Å². The molecule has 4 nitrogen and oxygen atoms in total. The first kappa shape index (κ1) is 15.9. The summed E-state index contributed by atoms with van der Waals surface area (Å²) in [7, 11) is -2.97. The average Bonchev–Trinajstić information content (AvgIpc) is 2.24. The van der Waals surface area contributed by atoms with Gasteiger partial charge in [0.25, 0.3) is 0 Å². The van der Waals surface area contributed by atoms with Gasteiger partial charge in [-0.15, -0.1) is 0 Å². The van der Waals surface area contributed by atoms with Crippen molar-refractivity contribution >= 4 is 9.84 Å². The molecule has 0 saturated heterocycles. The van der Waals surface area contributed by atoms with Crippen molar-refractivity contribution < 1.29 is 13.5 Å². The normalized spacial score (nSPS) is 16.0. The second kappa shape index (κ2) is 7.25. The maximum absolute atomic E-state index is 11.6. The highest BCUT2D eigenvalue weighted by molar-refractivity contribution is 7.91. The lowest BCUT2D eigenvalue weighted by molar-refractivity contribution is 0.117. The van der Waals surface area contributed by atoms with Crippen LogP contribution in [0.25, 0.3) is 0 Å². The third kappa shape index (κ3) is 5.27. The zero-order chi connectivity index (χ0) is 12.7. The molecule has 16 heavy (non-hydrogen) atoms. The summed E-state index contributed by atoms with van der Waals surface area (Å²) in [6, 6.07) is 0. The van der Waals surface area contributed by atoms with Crippen LogP contribution < -0.4 is 5.73 Å². The van der Waals surface area contributed by atoms with Crippen molar-refractivity contribution in [2.45, 2.75) is 39.5 Å². The van der Waals surface area contributed by atoms with Gasteiger partial charge in [-0.05, 0) is 19.3 Å². The molecule has 1 atom stereocenters.